The number of carbonyl (C=O) groups is 1. The van der Waals surface area contributed by atoms with Crippen molar-refractivity contribution in [2.24, 2.45) is 5.92 Å². The molecule has 0 spiro atoms. The number of thiocarbonyl (C=S) groups is 1. The van der Waals surface area contributed by atoms with Gasteiger partial charge in [-0.15, -0.1) is 0 Å². The van der Waals surface area contributed by atoms with Gasteiger partial charge in [-0.3, -0.25) is 0 Å². The Kier molecular flexibility index (Phi) is 7.62. The fraction of sp³-hybridized carbons (Fsp3) is 0.800. The van der Waals surface area contributed by atoms with Gasteiger partial charge in [-0.05, 0) is 18.1 Å². The van der Waals surface area contributed by atoms with Crippen LogP contribution in [0.2, 0.25) is 0 Å². The van der Waals surface area contributed by atoms with Gasteiger partial charge in [-0.2, -0.15) is 0 Å². The lowest BCUT2D eigenvalue weighted by Gasteiger charge is -2.14. The maximum atomic E-state index is 11.1. The lowest BCUT2D eigenvalue weighted by atomic mass is 10.2. The Morgan fingerprint density at radius 3 is 2.25 bits per heavy atom. The molecular formula is C10H22N4OS. The van der Waals surface area contributed by atoms with Crippen LogP contribution in [0.5, 0.6) is 0 Å². The van der Waals surface area contributed by atoms with Crippen LogP contribution in [0.3, 0.4) is 0 Å². The molecule has 0 aromatic rings. The molecule has 0 aromatic heterocycles. The molecule has 2 amide bonds. The van der Waals surface area contributed by atoms with Gasteiger partial charge < -0.3 is 20.9 Å². The van der Waals surface area contributed by atoms with Crippen LogP contribution < -0.4 is 16.0 Å². The molecule has 0 aromatic carbocycles. The maximum absolute atomic E-state index is 11.1. The topological polar surface area (TPSA) is 56.4 Å². The average molecular weight is 246 g/mol. The summed E-state index contributed by atoms with van der Waals surface area (Å²) < 4.78 is 0. The Hall–Kier alpha value is -1.04. The van der Waals surface area contributed by atoms with Crippen molar-refractivity contribution in [2.45, 2.75) is 13.8 Å². The van der Waals surface area contributed by atoms with E-state index >= 15 is 0 Å². The molecule has 0 bridgehead atoms. The molecule has 0 atom stereocenters. The molecule has 0 unspecified atom stereocenters. The Morgan fingerprint density at radius 1 is 1.19 bits per heavy atom. The highest BCUT2D eigenvalue weighted by Gasteiger charge is 2.01. The van der Waals surface area contributed by atoms with E-state index in [9.17, 15) is 4.79 Å². The van der Waals surface area contributed by atoms with Crippen molar-refractivity contribution in [3.8, 4) is 0 Å². The molecule has 0 fully saturated rings. The van der Waals surface area contributed by atoms with Crippen molar-refractivity contribution in [1.29, 1.82) is 0 Å². The summed E-state index contributed by atoms with van der Waals surface area (Å²) in [7, 11) is 3.41. The second kappa shape index (κ2) is 8.15. The van der Waals surface area contributed by atoms with Crippen LogP contribution in [0, 0.1) is 5.92 Å². The lowest BCUT2D eigenvalue weighted by molar-refractivity contribution is 0.217. The van der Waals surface area contributed by atoms with Crippen molar-refractivity contribution in [2.75, 3.05) is 33.7 Å². The molecule has 3 N–H and O–H groups in total. The van der Waals surface area contributed by atoms with E-state index in [0.29, 0.717) is 24.1 Å². The first kappa shape index (κ1) is 15.0. The van der Waals surface area contributed by atoms with E-state index in [1.54, 1.807) is 14.1 Å². The van der Waals surface area contributed by atoms with Gasteiger partial charge in [0.15, 0.2) is 5.11 Å². The Balaban J connectivity index is 3.45. The minimum absolute atomic E-state index is 0.0946. The van der Waals surface area contributed by atoms with Crippen molar-refractivity contribution in [3.05, 3.63) is 0 Å². The third-order valence-corrected chi connectivity index (χ3v) is 2.05. The number of hydrogen-bond donors (Lipinski definition) is 3. The maximum Gasteiger partial charge on any atom is 0.316 e. The summed E-state index contributed by atoms with van der Waals surface area (Å²) in [6, 6.07) is -0.0946. The highest BCUT2D eigenvalue weighted by atomic mass is 32.1. The van der Waals surface area contributed by atoms with Crippen molar-refractivity contribution in [3.63, 3.8) is 0 Å². The smallest absolute Gasteiger partial charge is 0.316 e. The van der Waals surface area contributed by atoms with Gasteiger partial charge in [0.05, 0.1) is 0 Å². The molecule has 5 nitrogen and oxygen atoms in total. The average Bonchev–Trinajstić information content (AvgIpc) is 2.20. The molecule has 0 radical (unpaired) electrons. The Labute approximate surface area is 103 Å². The highest BCUT2D eigenvalue weighted by molar-refractivity contribution is 7.80. The van der Waals surface area contributed by atoms with E-state index < -0.39 is 0 Å². The molecule has 6 heteroatoms. The summed E-state index contributed by atoms with van der Waals surface area (Å²) in [6.45, 7) is 6.28. The zero-order valence-electron chi connectivity index (χ0n) is 10.5. The molecule has 0 saturated heterocycles. The van der Waals surface area contributed by atoms with E-state index in [1.165, 1.54) is 4.90 Å². The van der Waals surface area contributed by atoms with Crippen LogP contribution in [0.1, 0.15) is 13.8 Å². The summed E-state index contributed by atoms with van der Waals surface area (Å²) in [5.74, 6) is 0.563. The van der Waals surface area contributed by atoms with E-state index in [1.807, 2.05) is 0 Å². The first-order chi connectivity index (χ1) is 7.43. The predicted octanol–water partition coefficient (Wildman–Crippen LogP) is 0.378. The van der Waals surface area contributed by atoms with Crippen molar-refractivity contribution < 1.29 is 4.79 Å². The number of nitrogens with one attached hydrogen (secondary N) is 3. The number of hydrogen-bond acceptors (Lipinski definition) is 2. The molecule has 94 valence electrons. The van der Waals surface area contributed by atoms with Gasteiger partial charge in [0.1, 0.15) is 0 Å². The van der Waals surface area contributed by atoms with E-state index in [0.717, 1.165) is 6.54 Å². The van der Waals surface area contributed by atoms with Gasteiger partial charge in [0, 0.05) is 33.7 Å². The van der Waals surface area contributed by atoms with Crippen LogP contribution in [0.25, 0.3) is 0 Å². The van der Waals surface area contributed by atoms with Crippen LogP contribution >= 0.6 is 12.2 Å². The van der Waals surface area contributed by atoms with Gasteiger partial charge in [-0.25, -0.2) is 4.79 Å². The Morgan fingerprint density at radius 2 is 1.75 bits per heavy atom. The molecule has 0 aliphatic heterocycles. The summed E-state index contributed by atoms with van der Waals surface area (Å²) in [5, 5.41) is 9.48. The monoisotopic (exact) mass is 246 g/mol. The third-order valence-electron chi connectivity index (χ3n) is 1.76. The molecule has 0 aliphatic carbocycles. The number of nitrogens with zero attached hydrogens (tertiary/aromatic N) is 1. The minimum Gasteiger partial charge on any atom is -0.362 e. The van der Waals surface area contributed by atoms with Gasteiger partial charge in [0.2, 0.25) is 0 Å². The van der Waals surface area contributed by atoms with Gasteiger partial charge >= 0.3 is 6.03 Å². The zero-order chi connectivity index (χ0) is 12.6. The van der Waals surface area contributed by atoms with E-state index in [4.69, 9.17) is 12.2 Å². The quantitative estimate of drug-likeness (QED) is 0.485. The molecule has 16 heavy (non-hydrogen) atoms. The van der Waals surface area contributed by atoms with Crippen LogP contribution in [0.4, 0.5) is 4.79 Å². The van der Waals surface area contributed by atoms with Crippen LogP contribution in [-0.4, -0.2) is 49.8 Å². The summed E-state index contributed by atoms with van der Waals surface area (Å²) >= 11 is 5.06. The van der Waals surface area contributed by atoms with Crippen molar-refractivity contribution >= 4 is 23.4 Å². The lowest BCUT2D eigenvalue weighted by Crippen LogP contribution is -2.43. The summed E-state index contributed by atoms with van der Waals surface area (Å²) in [4.78, 5) is 12.6. The number of amides is 2. The molecule has 0 aliphatic rings. The number of carbonyl (C=O) groups excluding carboxylic acids is 1. The summed E-state index contributed by atoms with van der Waals surface area (Å²) in [6.07, 6.45) is 0. The second-order valence-corrected chi connectivity index (χ2v) is 4.57. The second-order valence-electron chi connectivity index (χ2n) is 4.16. The fourth-order valence-corrected chi connectivity index (χ4v) is 1.05. The minimum atomic E-state index is -0.0946. The number of urea groups is 1. The molecule has 0 heterocycles. The highest BCUT2D eigenvalue weighted by Crippen LogP contribution is 1.86. The van der Waals surface area contributed by atoms with Gasteiger partial charge in [0.25, 0.3) is 0 Å². The van der Waals surface area contributed by atoms with E-state index in [2.05, 4.69) is 29.8 Å². The molecular weight excluding hydrogens is 224 g/mol. The standard InChI is InChI=1S/C10H22N4OS/c1-8(2)7-13-9(16)11-5-6-12-10(15)14(3)4/h8H,5-7H2,1-4H3,(H,12,15)(H2,11,13,16). The molecule has 0 rings (SSSR count). The first-order valence-electron chi connectivity index (χ1n) is 5.40. The first-order valence-corrected chi connectivity index (χ1v) is 5.81. The van der Waals surface area contributed by atoms with Gasteiger partial charge in [-0.1, -0.05) is 13.8 Å². The van der Waals surface area contributed by atoms with Crippen LogP contribution in [-0.2, 0) is 0 Å². The fourth-order valence-electron chi connectivity index (χ4n) is 0.863. The molecule has 0 saturated carbocycles. The Bertz CT molecular complexity index is 231. The van der Waals surface area contributed by atoms with E-state index in [-0.39, 0.29) is 6.03 Å². The summed E-state index contributed by atoms with van der Waals surface area (Å²) in [5.41, 5.74) is 0. The zero-order valence-corrected chi connectivity index (χ0v) is 11.3. The van der Waals surface area contributed by atoms with Crippen molar-refractivity contribution in [1.82, 2.24) is 20.9 Å². The third kappa shape index (κ3) is 8.28. The SMILES string of the molecule is CC(C)CNC(=S)NCCNC(=O)N(C)C. The van der Waals surface area contributed by atoms with Crippen LogP contribution in [0.15, 0.2) is 0 Å². The predicted molar refractivity (Wildman–Crippen MR) is 70.5 cm³/mol. The number of rotatable bonds is 5. The normalized spacial score (nSPS) is 9.81. The largest absolute Gasteiger partial charge is 0.362 e.